The van der Waals surface area contributed by atoms with Gasteiger partial charge in [0.1, 0.15) is 11.4 Å². The number of amides is 1. The highest BCUT2D eigenvalue weighted by molar-refractivity contribution is 7.13. The Hall–Kier alpha value is -3.27. The Balaban J connectivity index is 1.89. The summed E-state index contributed by atoms with van der Waals surface area (Å²) in [5, 5.41) is 14.6. The molecule has 0 bridgehead atoms. The quantitative estimate of drug-likeness (QED) is 0.362. The van der Waals surface area contributed by atoms with Crippen molar-refractivity contribution >= 4 is 39.6 Å². The van der Waals surface area contributed by atoms with Crippen molar-refractivity contribution in [1.29, 1.82) is 0 Å². The summed E-state index contributed by atoms with van der Waals surface area (Å²) < 4.78 is 10.1. The fourth-order valence-electron chi connectivity index (χ4n) is 2.85. The number of carbonyl (C=O) groups is 2. The first kappa shape index (κ1) is 20.5. The summed E-state index contributed by atoms with van der Waals surface area (Å²) in [4.78, 5) is 30.6. The zero-order chi connectivity index (χ0) is 21.2. The van der Waals surface area contributed by atoms with Gasteiger partial charge in [0, 0.05) is 28.9 Å². The number of nitrogens with one attached hydrogen (secondary N) is 2. The Morgan fingerprint density at radius 1 is 1.38 bits per heavy atom. The molecule has 0 saturated carbocycles. The van der Waals surface area contributed by atoms with Crippen LogP contribution in [0.1, 0.15) is 38.1 Å². The molecule has 10 heteroatoms. The molecule has 3 rings (SSSR count). The Bertz CT molecular complexity index is 1040. The van der Waals surface area contributed by atoms with Crippen molar-refractivity contribution in [1.82, 2.24) is 15.3 Å². The summed E-state index contributed by atoms with van der Waals surface area (Å²) >= 11 is 1.28. The minimum absolute atomic E-state index is 0.209. The molecule has 0 aliphatic carbocycles. The minimum Gasteiger partial charge on any atom is -0.449 e. The van der Waals surface area contributed by atoms with E-state index in [0.717, 1.165) is 16.5 Å². The highest BCUT2D eigenvalue weighted by atomic mass is 32.1. The van der Waals surface area contributed by atoms with Gasteiger partial charge in [-0.15, -0.1) is 11.3 Å². The molecule has 0 fully saturated rings. The van der Waals surface area contributed by atoms with E-state index in [9.17, 15) is 9.59 Å². The van der Waals surface area contributed by atoms with Gasteiger partial charge in [-0.3, -0.25) is 0 Å². The lowest BCUT2D eigenvalue weighted by Gasteiger charge is -2.23. The average Bonchev–Trinajstić information content (AvgIpc) is 3.18. The molecular weight excluding hydrogens is 396 g/mol. The Labute approximate surface area is 170 Å². The number of hydrogen-bond acceptors (Lipinski definition) is 7. The van der Waals surface area contributed by atoms with Crippen LogP contribution < -0.4 is 15.8 Å². The fourth-order valence-corrected chi connectivity index (χ4v) is 3.47. The number of fused-ring (bicyclic) bond motifs is 1. The van der Waals surface area contributed by atoms with Gasteiger partial charge >= 0.3 is 12.2 Å². The summed E-state index contributed by atoms with van der Waals surface area (Å²) in [5.74, 6) is 0.209. The maximum Gasteiger partial charge on any atom is 0.511 e. The molecule has 9 nitrogen and oxygen atoms in total. The first-order valence-corrected chi connectivity index (χ1v) is 9.70. The van der Waals surface area contributed by atoms with Gasteiger partial charge in [-0.2, -0.15) is 0 Å². The maximum atomic E-state index is 12.3. The minimum atomic E-state index is -1.39. The van der Waals surface area contributed by atoms with E-state index in [1.54, 1.807) is 50.5 Å². The Kier molecular flexibility index (Phi) is 5.64. The standard InChI is InChI=1S/C19H22N4O5S/c1-19(2,3)28-17(24)23-14(15-9-29-16(20)22-15)6-10-8-21-13-5-4-11(7-12(10)13)27-18(25)26/h4-5,7-9,14,21H,6H2,1-3H3,(H2,20,22)(H,23,24)(H,25,26)/t14-/m0/s1. The number of carboxylic acid groups (broad SMARTS) is 1. The van der Waals surface area contributed by atoms with Gasteiger partial charge in [0.05, 0.1) is 11.7 Å². The largest absolute Gasteiger partial charge is 0.511 e. The highest BCUT2D eigenvalue weighted by Gasteiger charge is 2.23. The van der Waals surface area contributed by atoms with Crippen molar-refractivity contribution in [2.24, 2.45) is 0 Å². The van der Waals surface area contributed by atoms with Crippen LogP contribution in [0.2, 0.25) is 0 Å². The van der Waals surface area contributed by atoms with Gasteiger partial charge in [-0.25, -0.2) is 14.6 Å². The third-order valence-corrected chi connectivity index (χ3v) is 4.65. The Morgan fingerprint density at radius 2 is 2.14 bits per heavy atom. The molecule has 0 unspecified atom stereocenters. The predicted octanol–water partition coefficient (Wildman–Crippen LogP) is 4.07. The summed E-state index contributed by atoms with van der Waals surface area (Å²) in [5.41, 5.74) is 7.40. The SMILES string of the molecule is CC(C)(C)OC(=O)N[C@@H](Cc1c[nH]c2ccc(OC(=O)O)cc12)c1csc(N)n1. The van der Waals surface area contributed by atoms with Crippen LogP contribution >= 0.6 is 11.3 Å². The molecule has 0 aliphatic heterocycles. The molecule has 0 aliphatic rings. The van der Waals surface area contributed by atoms with Crippen LogP contribution in [-0.4, -0.2) is 32.9 Å². The van der Waals surface area contributed by atoms with Gasteiger partial charge in [-0.05, 0) is 44.5 Å². The van der Waals surface area contributed by atoms with Gasteiger partial charge in [0.2, 0.25) is 0 Å². The van der Waals surface area contributed by atoms with E-state index in [1.807, 2.05) is 0 Å². The predicted molar refractivity (Wildman–Crippen MR) is 109 cm³/mol. The van der Waals surface area contributed by atoms with Crippen molar-refractivity contribution in [3.8, 4) is 5.75 Å². The number of thiazole rings is 1. The maximum absolute atomic E-state index is 12.3. The molecule has 1 amide bonds. The first-order chi connectivity index (χ1) is 13.6. The van der Waals surface area contributed by atoms with Gasteiger partial charge in [0.15, 0.2) is 5.13 Å². The molecule has 0 spiro atoms. The highest BCUT2D eigenvalue weighted by Crippen LogP contribution is 2.29. The zero-order valence-corrected chi connectivity index (χ0v) is 17.0. The van der Waals surface area contributed by atoms with Crippen LogP contribution in [0.4, 0.5) is 14.7 Å². The van der Waals surface area contributed by atoms with E-state index in [0.29, 0.717) is 17.2 Å². The van der Waals surface area contributed by atoms with Gasteiger partial charge < -0.3 is 30.6 Å². The van der Waals surface area contributed by atoms with Gasteiger partial charge in [-0.1, -0.05) is 0 Å². The second-order valence-corrected chi connectivity index (χ2v) is 8.29. The zero-order valence-electron chi connectivity index (χ0n) is 16.2. The van der Waals surface area contributed by atoms with E-state index >= 15 is 0 Å². The molecule has 2 heterocycles. The molecule has 1 atom stereocenters. The average molecular weight is 418 g/mol. The molecule has 0 saturated heterocycles. The molecule has 2 aromatic heterocycles. The molecule has 1 aromatic carbocycles. The number of benzene rings is 1. The van der Waals surface area contributed by atoms with Crippen molar-refractivity contribution in [2.75, 3.05) is 5.73 Å². The fraction of sp³-hybridized carbons (Fsp3) is 0.316. The number of nitrogen functional groups attached to an aromatic ring is 1. The smallest absolute Gasteiger partial charge is 0.449 e. The monoisotopic (exact) mass is 418 g/mol. The van der Waals surface area contributed by atoms with E-state index in [-0.39, 0.29) is 5.75 Å². The van der Waals surface area contributed by atoms with Crippen LogP contribution in [0.3, 0.4) is 0 Å². The second-order valence-electron chi connectivity index (χ2n) is 7.40. The van der Waals surface area contributed by atoms with Crippen molar-refractivity contribution < 1.29 is 24.2 Å². The number of hydrogen-bond donors (Lipinski definition) is 4. The molecule has 3 aromatic rings. The van der Waals surface area contributed by atoms with Crippen molar-refractivity contribution in [2.45, 2.75) is 38.8 Å². The number of H-pyrrole nitrogens is 1. The number of carbonyl (C=O) groups excluding carboxylic acids is 1. The number of rotatable bonds is 5. The molecule has 29 heavy (non-hydrogen) atoms. The van der Waals surface area contributed by atoms with Crippen molar-refractivity contribution in [3.05, 3.63) is 41.0 Å². The number of anilines is 1. The second kappa shape index (κ2) is 8.00. The summed E-state index contributed by atoms with van der Waals surface area (Å²) in [6.07, 6.45) is 0.237. The van der Waals surface area contributed by atoms with Crippen molar-refractivity contribution in [3.63, 3.8) is 0 Å². The van der Waals surface area contributed by atoms with Crippen LogP contribution in [0.15, 0.2) is 29.8 Å². The lowest BCUT2D eigenvalue weighted by atomic mass is 10.0. The Morgan fingerprint density at radius 3 is 2.76 bits per heavy atom. The van der Waals surface area contributed by atoms with Crippen LogP contribution in [0.5, 0.6) is 5.75 Å². The molecule has 154 valence electrons. The third-order valence-electron chi connectivity index (χ3n) is 3.96. The lowest BCUT2D eigenvalue weighted by Crippen LogP contribution is -2.35. The number of nitrogens with two attached hydrogens (primary N) is 1. The van der Waals surface area contributed by atoms with Crippen LogP contribution in [-0.2, 0) is 11.2 Å². The molecular formula is C19H22N4O5S. The third kappa shape index (κ3) is 5.38. The van der Waals surface area contributed by atoms with Crippen LogP contribution in [0.25, 0.3) is 10.9 Å². The summed E-state index contributed by atoms with van der Waals surface area (Å²) in [6, 6.07) is 4.44. The van der Waals surface area contributed by atoms with Crippen LogP contribution in [0, 0.1) is 0 Å². The number of aromatic amines is 1. The van der Waals surface area contributed by atoms with E-state index < -0.39 is 23.9 Å². The topological polar surface area (TPSA) is 140 Å². The normalized spacial score (nSPS) is 12.5. The van der Waals surface area contributed by atoms with Gasteiger partial charge in [0.25, 0.3) is 0 Å². The first-order valence-electron chi connectivity index (χ1n) is 8.82. The van der Waals surface area contributed by atoms with E-state index in [4.69, 9.17) is 20.3 Å². The summed E-state index contributed by atoms with van der Waals surface area (Å²) in [6.45, 7) is 5.35. The number of ether oxygens (including phenoxy) is 2. The van der Waals surface area contributed by atoms with E-state index in [2.05, 4.69) is 15.3 Å². The number of nitrogens with zero attached hydrogens (tertiary/aromatic N) is 1. The summed E-state index contributed by atoms with van der Waals surface area (Å²) in [7, 11) is 0. The molecule has 0 radical (unpaired) electrons. The lowest BCUT2D eigenvalue weighted by molar-refractivity contribution is 0.0502. The number of aromatic nitrogens is 2. The molecule has 5 N–H and O–H groups in total. The number of alkyl carbamates (subject to hydrolysis) is 1. The van der Waals surface area contributed by atoms with E-state index in [1.165, 1.54) is 11.3 Å².